The number of nitrogens with zero attached hydrogens (tertiary/aromatic N) is 1. The first-order chi connectivity index (χ1) is 8.65. The molecule has 1 saturated heterocycles. The van der Waals surface area contributed by atoms with Gasteiger partial charge in [0.2, 0.25) is 0 Å². The number of aliphatic hydroxyl groups excluding tert-OH is 2. The van der Waals surface area contributed by atoms with Crippen LogP contribution in [0.5, 0.6) is 0 Å². The highest BCUT2D eigenvalue weighted by atomic mass is 16.6. The molecule has 1 fully saturated rings. The fourth-order valence-corrected chi connectivity index (χ4v) is 1.70. The third-order valence-electron chi connectivity index (χ3n) is 2.77. The van der Waals surface area contributed by atoms with Crippen LogP contribution in [0.2, 0.25) is 0 Å². The number of ketones is 1. The van der Waals surface area contributed by atoms with E-state index in [2.05, 4.69) is 5.18 Å². The summed E-state index contributed by atoms with van der Waals surface area (Å²) < 4.78 is 5.08. The van der Waals surface area contributed by atoms with Gasteiger partial charge in [-0.25, -0.2) is 0 Å². The van der Waals surface area contributed by atoms with Crippen LogP contribution in [-0.2, 0) is 11.2 Å². The molecule has 1 aromatic carbocycles. The fraction of sp³-hybridized carbons (Fsp3) is 0.417. The number of carbonyl (C=O) groups excluding carboxylic acids is 1. The highest BCUT2D eigenvalue weighted by molar-refractivity contribution is 6.03. The zero-order chi connectivity index (χ0) is 13.1. The smallest absolute Gasteiger partial charge is 0.195 e. The second-order valence-corrected chi connectivity index (χ2v) is 4.16. The van der Waals surface area contributed by atoms with E-state index in [1.807, 2.05) is 0 Å². The van der Waals surface area contributed by atoms with Crippen molar-refractivity contribution in [3.05, 3.63) is 34.2 Å². The minimum atomic E-state index is -1.53. The van der Waals surface area contributed by atoms with Gasteiger partial charge in [0, 0.05) is 12.0 Å². The van der Waals surface area contributed by atoms with Crippen molar-refractivity contribution in [1.82, 2.24) is 0 Å². The number of hydrogen-bond acceptors (Lipinski definition) is 6. The Hall–Kier alpha value is -1.67. The van der Waals surface area contributed by atoms with E-state index in [9.17, 15) is 14.8 Å². The number of carbonyl (C=O) groups is 1. The largest absolute Gasteiger partial charge is 0.412 e. The molecule has 0 aliphatic carbocycles. The molecule has 0 bridgehead atoms. The standard InChI is InChI=1S/C12H13NO5.H2O/c14-5-11(15)12(16)9-4-7(3-8-6-18-8)1-2-10(9)13-17;/h1-2,4,8,11,14-15H,3,5-6H2;1H2. The summed E-state index contributed by atoms with van der Waals surface area (Å²) in [5.74, 6) is -0.703. The molecule has 2 rings (SSSR count). The first kappa shape index (κ1) is 15.4. The summed E-state index contributed by atoms with van der Waals surface area (Å²) in [7, 11) is 0. The van der Waals surface area contributed by atoms with Gasteiger partial charge < -0.3 is 20.4 Å². The molecule has 4 N–H and O–H groups in total. The quantitative estimate of drug-likeness (QED) is 0.417. The van der Waals surface area contributed by atoms with Gasteiger partial charge in [-0.05, 0) is 22.9 Å². The Kier molecular flexibility index (Phi) is 5.25. The van der Waals surface area contributed by atoms with Crippen LogP contribution in [0, 0.1) is 4.91 Å². The van der Waals surface area contributed by atoms with Gasteiger partial charge in [-0.3, -0.25) is 4.79 Å². The Morgan fingerprint density at radius 2 is 2.21 bits per heavy atom. The number of aliphatic hydroxyl groups is 2. The molecule has 2 atom stereocenters. The van der Waals surface area contributed by atoms with E-state index in [1.54, 1.807) is 6.07 Å². The summed E-state index contributed by atoms with van der Waals surface area (Å²) >= 11 is 0. The second kappa shape index (κ2) is 6.48. The van der Waals surface area contributed by atoms with Gasteiger partial charge in [0.25, 0.3) is 0 Å². The minimum Gasteiger partial charge on any atom is -0.412 e. The van der Waals surface area contributed by atoms with Crippen LogP contribution in [0.15, 0.2) is 23.4 Å². The highest BCUT2D eigenvalue weighted by Crippen LogP contribution is 2.24. The Morgan fingerprint density at radius 3 is 2.74 bits per heavy atom. The van der Waals surface area contributed by atoms with Crippen molar-refractivity contribution in [1.29, 1.82) is 0 Å². The predicted molar refractivity (Wildman–Crippen MR) is 66.4 cm³/mol. The molecule has 19 heavy (non-hydrogen) atoms. The predicted octanol–water partition coefficient (Wildman–Crippen LogP) is -0.263. The number of epoxide rings is 1. The van der Waals surface area contributed by atoms with Crippen molar-refractivity contribution >= 4 is 11.5 Å². The molecule has 0 spiro atoms. The molecular formula is C12H15NO6. The highest BCUT2D eigenvalue weighted by Gasteiger charge is 2.25. The first-order valence-corrected chi connectivity index (χ1v) is 5.56. The summed E-state index contributed by atoms with van der Waals surface area (Å²) in [5, 5.41) is 20.8. The fourth-order valence-electron chi connectivity index (χ4n) is 1.70. The van der Waals surface area contributed by atoms with Gasteiger partial charge in [0.05, 0.1) is 19.3 Å². The lowest BCUT2D eigenvalue weighted by molar-refractivity contribution is 0.0588. The average Bonchev–Trinajstić information content (AvgIpc) is 3.20. The first-order valence-electron chi connectivity index (χ1n) is 5.56. The molecule has 7 nitrogen and oxygen atoms in total. The van der Waals surface area contributed by atoms with Crippen LogP contribution in [0.4, 0.5) is 5.69 Å². The lowest BCUT2D eigenvalue weighted by Gasteiger charge is -2.09. The van der Waals surface area contributed by atoms with Gasteiger partial charge in [-0.2, -0.15) is 0 Å². The van der Waals surface area contributed by atoms with Crippen LogP contribution in [0.3, 0.4) is 0 Å². The van der Waals surface area contributed by atoms with E-state index < -0.39 is 18.5 Å². The number of benzene rings is 1. The van der Waals surface area contributed by atoms with Crippen molar-refractivity contribution in [3.63, 3.8) is 0 Å². The zero-order valence-corrected chi connectivity index (χ0v) is 10.1. The van der Waals surface area contributed by atoms with Gasteiger partial charge in [0.1, 0.15) is 11.8 Å². The van der Waals surface area contributed by atoms with Crippen LogP contribution < -0.4 is 0 Å². The average molecular weight is 269 g/mol. The van der Waals surface area contributed by atoms with Crippen molar-refractivity contribution < 1.29 is 25.2 Å². The van der Waals surface area contributed by atoms with Gasteiger partial charge in [0.15, 0.2) is 5.78 Å². The van der Waals surface area contributed by atoms with Crippen LogP contribution in [0.25, 0.3) is 0 Å². The summed E-state index contributed by atoms with van der Waals surface area (Å²) in [6.07, 6.45) is -0.724. The molecule has 7 heteroatoms. The Balaban J connectivity index is 0.00000180. The van der Waals surface area contributed by atoms with E-state index in [1.165, 1.54) is 12.1 Å². The summed E-state index contributed by atoms with van der Waals surface area (Å²) in [6, 6.07) is 4.64. The number of nitroso groups, excluding NO2 is 1. The van der Waals surface area contributed by atoms with Crippen LogP contribution >= 0.6 is 0 Å². The molecule has 2 unspecified atom stereocenters. The maximum absolute atomic E-state index is 11.8. The second-order valence-electron chi connectivity index (χ2n) is 4.16. The molecule has 1 aromatic rings. The van der Waals surface area contributed by atoms with E-state index in [-0.39, 0.29) is 22.8 Å². The third kappa shape index (κ3) is 3.65. The monoisotopic (exact) mass is 269 g/mol. The van der Waals surface area contributed by atoms with Gasteiger partial charge >= 0.3 is 0 Å². The summed E-state index contributed by atoms with van der Waals surface area (Å²) in [6.45, 7) is 0.00329. The maximum atomic E-state index is 11.8. The molecule has 1 heterocycles. The van der Waals surface area contributed by atoms with Gasteiger partial charge in [-0.1, -0.05) is 6.07 Å². The van der Waals surface area contributed by atoms with E-state index >= 15 is 0 Å². The van der Waals surface area contributed by atoms with Crippen molar-refractivity contribution in [3.8, 4) is 0 Å². The summed E-state index contributed by atoms with van der Waals surface area (Å²) in [4.78, 5) is 22.4. The third-order valence-corrected chi connectivity index (χ3v) is 2.77. The number of Topliss-reactive ketones (excluding diaryl/α,β-unsaturated/α-hetero) is 1. The minimum absolute atomic E-state index is 0. The van der Waals surface area contributed by atoms with Crippen molar-refractivity contribution in [2.45, 2.75) is 18.6 Å². The molecule has 0 saturated carbocycles. The number of rotatable bonds is 6. The van der Waals surface area contributed by atoms with E-state index in [0.29, 0.717) is 13.0 Å². The molecular weight excluding hydrogens is 254 g/mol. The van der Waals surface area contributed by atoms with Crippen LogP contribution in [0.1, 0.15) is 15.9 Å². The number of ether oxygens (including phenoxy) is 1. The number of hydrogen-bond donors (Lipinski definition) is 2. The molecule has 0 amide bonds. The van der Waals surface area contributed by atoms with Crippen molar-refractivity contribution in [2.75, 3.05) is 13.2 Å². The Morgan fingerprint density at radius 1 is 1.53 bits per heavy atom. The molecule has 0 radical (unpaired) electrons. The van der Waals surface area contributed by atoms with Crippen LogP contribution in [-0.4, -0.2) is 46.9 Å². The van der Waals surface area contributed by atoms with E-state index in [0.717, 1.165) is 5.56 Å². The maximum Gasteiger partial charge on any atom is 0.195 e. The summed E-state index contributed by atoms with van der Waals surface area (Å²) in [5.41, 5.74) is 0.830. The SMILES string of the molecule is O.O=Nc1ccc(CC2CO2)cc1C(=O)C(O)CO. The molecule has 0 aromatic heterocycles. The molecule has 104 valence electrons. The topological polar surface area (TPSA) is 131 Å². The van der Waals surface area contributed by atoms with E-state index in [4.69, 9.17) is 9.84 Å². The lowest BCUT2D eigenvalue weighted by Crippen LogP contribution is -2.24. The van der Waals surface area contributed by atoms with Gasteiger partial charge in [-0.15, -0.1) is 4.91 Å². The lowest BCUT2D eigenvalue weighted by atomic mass is 10.00. The zero-order valence-electron chi connectivity index (χ0n) is 10.1. The van der Waals surface area contributed by atoms with Crippen molar-refractivity contribution in [2.24, 2.45) is 5.18 Å². The Labute approximate surface area is 109 Å². The Bertz CT molecular complexity index is 471. The molecule has 1 aliphatic rings. The normalized spacial score (nSPS) is 18.3. The molecule has 1 aliphatic heterocycles.